The Morgan fingerprint density at radius 2 is 0.938 bits per heavy atom. The summed E-state index contributed by atoms with van der Waals surface area (Å²) in [5.74, 6) is 1.56. The Hall–Kier alpha value is -5.94. The summed E-state index contributed by atoms with van der Waals surface area (Å²) in [5.41, 5.74) is 4.13. The van der Waals surface area contributed by atoms with Gasteiger partial charge >= 0.3 is 0 Å². The monoisotopic (exact) mass is 674 g/mol. The van der Waals surface area contributed by atoms with Crippen LogP contribution < -0.4 is 0 Å². The van der Waals surface area contributed by atoms with Crippen LogP contribution in [0.3, 0.4) is 0 Å². The fourth-order valence-corrected chi connectivity index (χ4v) is 6.99. The number of hydrogen-bond donors (Lipinski definition) is 4. The van der Waals surface area contributed by atoms with Gasteiger partial charge in [-0.3, -0.25) is 9.11 Å². The molecule has 9 rings (SSSR count). The Labute approximate surface area is 270 Å². The van der Waals surface area contributed by atoms with Crippen LogP contribution in [0.2, 0.25) is 0 Å². The van der Waals surface area contributed by atoms with Crippen LogP contribution in [0.5, 0.6) is 0 Å². The lowest BCUT2D eigenvalue weighted by molar-refractivity contribution is 0.481. The number of H-pyrrole nitrogens is 2. The molecule has 0 atom stereocenters. The number of hydrogen-bond acceptors (Lipinski definition) is 10. The molecule has 0 amide bonds. The van der Waals surface area contributed by atoms with Gasteiger partial charge in [0.1, 0.15) is 17.1 Å². The number of nitrogens with one attached hydrogen (secondary N) is 2. The average Bonchev–Trinajstić information content (AvgIpc) is 3.79. The highest BCUT2D eigenvalue weighted by Crippen LogP contribution is 2.40. The second-order valence-corrected chi connectivity index (χ2v) is 13.9. The molecule has 14 nitrogen and oxygen atoms in total. The lowest BCUT2D eigenvalue weighted by Gasteiger charge is -2.02. The predicted octanol–water partition coefficient (Wildman–Crippen LogP) is 5.27. The maximum atomic E-state index is 12.1. The molecule has 0 fully saturated rings. The number of fused-ring (bicyclic) bond motifs is 20. The zero-order chi connectivity index (χ0) is 32.9. The van der Waals surface area contributed by atoms with Crippen molar-refractivity contribution in [1.29, 1.82) is 0 Å². The topological polar surface area (TPSA) is 218 Å². The summed E-state index contributed by atoms with van der Waals surface area (Å²) < 4.78 is 68.0. The Kier molecular flexibility index (Phi) is 5.77. The van der Waals surface area contributed by atoms with E-state index >= 15 is 0 Å². The molecule has 0 radical (unpaired) electrons. The molecule has 0 aliphatic carbocycles. The molecule has 0 unspecified atom stereocenters. The summed E-state index contributed by atoms with van der Waals surface area (Å²) in [7, 11) is -9.07. The zero-order valence-electron chi connectivity index (χ0n) is 24.1. The second-order valence-electron chi connectivity index (χ2n) is 11.1. The van der Waals surface area contributed by atoms with Gasteiger partial charge in [0.05, 0.1) is 9.79 Å². The quantitative estimate of drug-likeness (QED) is 0.173. The third-order valence-corrected chi connectivity index (χ3v) is 9.88. The maximum absolute atomic E-state index is 12.1. The molecule has 0 saturated heterocycles. The number of aromatic amines is 2. The van der Waals surface area contributed by atoms with Gasteiger partial charge in [0.25, 0.3) is 20.2 Å². The first-order valence-electron chi connectivity index (χ1n) is 14.3. The van der Waals surface area contributed by atoms with E-state index in [0.29, 0.717) is 55.6 Å². The van der Waals surface area contributed by atoms with Gasteiger partial charge in [0.15, 0.2) is 29.1 Å². The van der Waals surface area contributed by atoms with Crippen molar-refractivity contribution in [2.24, 2.45) is 0 Å². The predicted molar refractivity (Wildman–Crippen MR) is 174 cm³/mol. The molecule has 3 aliphatic rings. The van der Waals surface area contributed by atoms with Crippen molar-refractivity contribution in [3.05, 3.63) is 84.9 Å². The van der Waals surface area contributed by atoms with Crippen molar-refractivity contribution in [2.75, 3.05) is 0 Å². The molecule has 4 aromatic carbocycles. The van der Waals surface area contributed by atoms with Crippen molar-refractivity contribution >= 4 is 42.3 Å². The molecule has 0 saturated carbocycles. The molecule has 48 heavy (non-hydrogen) atoms. The van der Waals surface area contributed by atoms with E-state index < -0.39 is 20.2 Å². The minimum absolute atomic E-state index is 0.127. The molecular weight excluding hydrogens is 657 g/mol. The summed E-state index contributed by atoms with van der Waals surface area (Å²) in [6.07, 6.45) is 0. The van der Waals surface area contributed by atoms with Gasteiger partial charge in [-0.05, 0) is 36.4 Å². The molecule has 5 heterocycles. The number of benzene rings is 4. The van der Waals surface area contributed by atoms with Crippen LogP contribution in [-0.4, -0.2) is 65.8 Å². The van der Waals surface area contributed by atoms with Gasteiger partial charge in [-0.2, -0.15) is 16.8 Å². The van der Waals surface area contributed by atoms with E-state index in [0.717, 1.165) is 0 Å². The molecule has 8 bridgehead atoms. The van der Waals surface area contributed by atoms with E-state index in [4.69, 9.17) is 24.9 Å². The fourth-order valence-electron chi connectivity index (χ4n) is 5.97. The first kappa shape index (κ1) is 28.3. The first-order chi connectivity index (χ1) is 23.0. The SMILES string of the molecule is O=S(=O)(O)c1ccc2c(c1)-c1nc-2nc2nc(nc3[nH]c([nH]c4nc(n1)-c1ccccc1-4)c1ccc(S(=O)(=O)O)cc31)-c1ccccc1-2. The molecular formula is C32H18N8O6S2. The standard InChI is InChI=1S/C32H18N8O6S2/c41-47(42,43)15-9-11-21-23(13-15)32-38-28-20-8-4-2-6-18(20)26(34-28)36-30-22-12-10-16(48(44,45)46)14-24(22)31(40-30)37-27-19-7-3-1-5-17(19)25(33-27)35-29(21)39-32/h1-14H,(H,41,42,43)(H,44,45,46)(H2,33,34,35,36,37,38,39,40). The average molecular weight is 675 g/mol. The van der Waals surface area contributed by atoms with Crippen LogP contribution in [0.25, 0.3) is 90.4 Å². The van der Waals surface area contributed by atoms with Crippen LogP contribution in [0, 0.1) is 0 Å². The zero-order valence-corrected chi connectivity index (χ0v) is 25.7. The van der Waals surface area contributed by atoms with Crippen molar-refractivity contribution < 1.29 is 25.9 Å². The summed E-state index contributed by atoms with van der Waals surface area (Å²) in [4.78, 5) is 34.4. The summed E-state index contributed by atoms with van der Waals surface area (Å²) in [6.45, 7) is 0. The van der Waals surface area contributed by atoms with Crippen molar-refractivity contribution in [1.82, 2.24) is 39.9 Å². The molecule has 234 valence electrons. The van der Waals surface area contributed by atoms with Gasteiger partial charge < -0.3 is 9.97 Å². The van der Waals surface area contributed by atoms with Crippen LogP contribution in [0.4, 0.5) is 0 Å². The van der Waals surface area contributed by atoms with Crippen LogP contribution in [0.15, 0.2) is 94.7 Å². The molecule has 16 heteroatoms. The first-order valence-corrected chi connectivity index (χ1v) is 17.1. The third-order valence-electron chi connectivity index (χ3n) is 8.19. The van der Waals surface area contributed by atoms with Crippen molar-refractivity contribution in [2.45, 2.75) is 9.79 Å². The molecule has 2 aromatic heterocycles. The smallest absolute Gasteiger partial charge is 0.294 e. The minimum Gasteiger partial charge on any atom is -0.325 e. The Bertz CT molecular complexity index is 2870. The summed E-state index contributed by atoms with van der Waals surface area (Å²) in [6, 6.07) is 22.8. The highest BCUT2D eigenvalue weighted by atomic mass is 32.2. The third kappa shape index (κ3) is 4.39. The van der Waals surface area contributed by atoms with E-state index in [2.05, 4.69) is 15.0 Å². The Morgan fingerprint density at radius 1 is 0.458 bits per heavy atom. The van der Waals surface area contributed by atoms with Crippen LogP contribution >= 0.6 is 0 Å². The second kappa shape index (κ2) is 9.79. The number of nitrogens with zero attached hydrogens (tertiary/aromatic N) is 6. The van der Waals surface area contributed by atoms with Crippen LogP contribution in [-0.2, 0) is 20.2 Å². The Balaban J connectivity index is 1.46. The van der Waals surface area contributed by atoms with Crippen molar-refractivity contribution in [3.8, 4) is 68.3 Å². The highest BCUT2D eigenvalue weighted by Gasteiger charge is 2.27. The van der Waals surface area contributed by atoms with Gasteiger partial charge in [-0.1, -0.05) is 48.5 Å². The lowest BCUT2D eigenvalue weighted by Crippen LogP contribution is -1.98. The van der Waals surface area contributed by atoms with E-state index in [1.165, 1.54) is 30.3 Å². The fraction of sp³-hybridized carbons (Fsp3) is 0. The van der Waals surface area contributed by atoms with Gasteiger partial charge in [-0.15, -0.1) is 0 Å². The van der Waals surface area contributed by atoms with E-state index in [1.54, 1.807) is 6.07 Å². The molecule has 4 N–H and O–H groups in total. The molecule has 0 spiro atoms. The van der Waals surface area contributed by atoms with Gasteiger partial charge in [0.2, 0.25) is 0 Å². The van der Waals surface area contributed by atoms with Gasteiger partial charge in [-0.25, -0.2) is 29.9 Å². The van der Waals surface area contributed by atoms with Crippen LogP contribution in [0.1, 0.15) is 0 Å². The Morgan fingerprint density at radius 3 is 1.56 bits per heavy atom. The maximum Gasteiger partial charge on any atom is 0.294 e. The van der Waals surface area contributed by atoms with E-state index in [1.807, 2.05) is 48.5 Å². The number of rotatable bonds is 2. The summed E-state index contributed by atoms with van der Waals surface area (Å²) >= 11 is 0. The molecule has 6 aromatic rings. The molecule has 3 aliphatic heterocycles. The highest BCUT2D eigenvalue weighted by molar-refractivity contribution is 7.86. The number of aromatic nitrogens is 8. The van der Waals surface area contributed by atoms with E-state index in [-0.39, 0.29) is 44.6 Å². The van der Waals surface area contributed by atoms with Crippen molar-refractivity contribution in [3.63, 3.8) is 0 Å². The van der Waals surface area contributed by atoms with E-state index in [9.17, 15) is 25.9 Å². The summed E-state index contributed by atoms with van der Waals surface area (Å²) in [5, 5.41) is 0.952. The normalized spacial score (nSPS) is 12.7. The lowest BCUT2D eigenvalue weighted by atomic mass is 10.1. The van der Waals surface area contributed by atoms with Gasteiger partial charge in [0, 0.05) is 44.2 Å². The largest absolute Gasteiger partial charge is 0.325 e. The minimum atomic E-state index is -4.54.